The predicted molar refractivity (Wildman–Crippen MR) is 90.5 cm³/mol. The summed E-state index contributed by atoms with van der Waals surface area (Å²) in [6.07, 6.45) is 1.15. The number of methoxy groups -OCH3 is 2. The summed E-state index contributed by atoms with van der Waals surface area (Å²) < 4.78 is 35.2. The second-order valence-corrected chi connectivity index (χ2v) is 6.57. The van der Waals surface area contributed by atoms with E-state index in [0.717, 1.165) is 6.20 Å². The van der Waals surface area contributed by atoms with Crippen molar-refractivity contribution >= 4 is 15.5 Å². The van der Waals surface area contributed by atoms with Crippen molar-refractivity contribution in [3.63, 3.8) is 0 Å². The highest BCUT2D eigenvalue weighted by molar-refractivity contribution is 7.95. The number of rotatable bonds is 6. The van der Waals surface area contributed by atoms with Gasteiger partial charge in [0.15, 0.2) is 4.91 Å². The molecule has 24 heavy (non-hydrogen) atoms. The molecule has 6 nitrogen and oxygen atoms in total. The smallest absolute Gasteiger partial charge is 0.218 e. The van der Waals surface area contributed by atoms with E-state index < -0.39 is 14.7 Å². The molecule has 0 aliphatic heterocycles. The topological polar surface area (TPSA) is 88.4 Å². The van der Waals surface area contributed by atoms with Gasteiger partial charge >= 0.3 is 0 Å². The van der Waals surface area contributed by atoms with Crippen LogP contribution in [0.15, 0.2) is 64.5 Å². The molecule has 0 spiro atoms. The molecule has 0 aliphatic carbocycles. The molecule has 0 atom stereocenters. The first-order valence-corrected chi connectivity index (χ1v) is 8.40. The van der Waals surface area contributed by atoms with Gasteiger partial charge in [-0.3, -0.25) is 0 Å². The Morgan fingerprint density at radius 3 is 2.42 bits per heavy atom. The molecule has 2 aromatic rings. The van der Waals surface area contributed by atoms with Crippen LogP contribution in [0.25, 0.3) is 0 Å². The molecule has 2 aromatic carbocycles. The summed E-state index contributed by atoms with van der Waals surface area (Å²) >= 11 is 0. The molecule has 0 heterocycles. The average Bonchev–Trinajstić information content (AvgIpc) is 2.62. The van der Waals surface area contributed by atoms with Crippen LogP contribution in [0, 0.1) is 11.3 Å². The normalized spacial score (nSPS) is 11.5. The summed E-state index contributed by atoms with van der Waals surface area (Å²) in [5, 5.41) is 12.0. The summed E-state index contributed by atoms with van der Waals surface area (Å²) in [4.78, 5) is -0.340. The molecule has 0 aliphatic rings. The van der Waals surface area contributed by atoms with Gasteiger partial charge in [0.2, 0.25) is 9.84 Å². The van der Waals surface area contributed by atoms with Gasteiger partial charge in [-0.15, -0.1) is 0 Å². The number of ether oxygens (including phenoxy) is 2. The fraction of sp³-hybridized carbons (Fsp3) is 0.118. The minimum absolute atomic E-state index is 0.0568. The average molecular weight is 344 g/mol. The highest BCUT2D eigenvalue weighted by Gasteiger charge is 2.20. The van der Waals surface area contributed by atoms with E-state index >= 15 is 0 Å². The third-order valence-corrected chi connectivity index (χ3v) is 4.90. The third kappa shape index (κ3) is 3.67. The van der Waals surface area contributed by atoms with Gasteiger partial charge in [0.1, 0.15) is 17.6 Å². The van der Waals surface area contributed by atoms with Crippen molar-refractivity contribution in [2.24, 2.45) is 0 Å². The Balaban J connectivity index is 2.35. The lowest BCUT2D eigenvalue weighted by Crippen LogP contribution is -2.06. The largest absolute Gasteiger partial charge is 0.497 e. The minimum Gasteiger partial charge on any atom is -0.497 e. The quantitative estimate of drug-likeness (QED) is 0.811. The van der Waals surface area contributed by atoms with Gasteiger partial charge in [-0.05, 0) is 24.3 Å². The second kappa shape index (κ2) is 7.53. The van der Waals surface area contributed by atoms with Crippen LogP contribution in [0.2, 0.25) is 0 Å². The van der Waals surface area contributed by atoms with Crippen molar-refractivity contribution < 1.29 is 17.9 Å². The molecule has 2 rings (SSSR count). The van der Waals surface area contributed by atoms with Crippen LogP contribution in [-0.4, -0.2) is 22.6 Å². The molecule has 124 valence electrons. The van der Waals surface area contributed by atoms with Crippen LogP contribution in [0.1, 0.15) is 0 Å². The molecule has 0 radical (unpaired) electrons. The Morgan fingerprint density at radius 1 is 1.12 bits per heavy atom. The number of nitriles is 1. The fourth-order valence-electron chi connectivity index (χ4n) is 1.96. The first-order chi connectivity index (χ1) is 11.5. The fourth-order valence-corrected chi connectivity index (χ4v) is 3.06. The maximum atomic E-state index is 12.5. The second-order valence-electron chi connectivity index (χ2n) is 4.65. The highest BCUT2D eigenvalue weighted by Crippen LogP contribution is 2.29. The number of anilines is 1. The number of nitrogens with zero attached hydrogens (tertiary/aromatic N) is 1. The Bertz CT molecular complexity index is 885. The van der Waals surface area contributed by atoms with Gasteiger partial charge in [0, 0.05) is 12.3 Å². The molecule has 0 fully saturated rings. The maximum Gasteiger partial charge on any atom is 0.218 e. The Morgan fingerprint density at radius 2 is 1.83 bits per heavy atom. The molecule has 0 bridgehead atoms. The molecule has 0 saturated heterocycles. The van der Waals surface area contributed by atoms with E-state index in [0.29, 0.717) is 17.2 Å². The molecule has 0 saturated carbocycles. The number of allylic oxidation sites excluding steroid dienone is 1. The zero-order valence-corrected chi connectivity index (χ0v) is 14.0. The van der Waals surface area contributed by atoms with Crippen LogP contribution < -0.4 is 14.8 Å². The van der Waals surface area contributed by atoms with E-state index in [1.807, 2.05) is 0 Å². The van der Waals surface area contributed by atoms with Gasteiger partial charge in [-0.25, -0.2) is 8.42 Å². The van der Waals surface area contributed by atoms with Gasteiger partial charge in [-0.2, -0.15) is 5.26 Å². The third-order valence-electron chi connectivity index (χ3n) is 3.22. The molecule has 0 unspecified atom stereocenters. The molecule has 0 aromatic heterocycles. The lowest BCUT2D eigenvalue weighted by Gasteiger charge is -2.10. The van der Waals surface area contributed by atoms with Crippen LogP contribution in [0.3, 0.4) is 0 Å². The van der Waals surface area contributed by atoms with Crippen molar-refractivity contribution in [1.29, 1.82) is 5.26 Å². The van der Waals surface area contributed by atoms with Crippen LogP contribution in [0.4, 0.5) is 5.69 Å². The molecule has 1 N–H and O–H groups in total. The van der Waals surface area contributed by atoms with E-state index in [9.17, 15) is 13.7 Å². The monoisotopic (exact) mass is 344 g/mol. The van der Waals surface area contributed by atoms with Gasteiger partial charge in [0.05, 0.1) is 24.8 Å². The lowest BCUT2D eigenvalue weighted by molar-refractivity contribution is 0.395. The summed E-state index contributed by atoms with van der Waals surface area (Å²) in [7, 11) is -0.870. The molecule has 0 amide bonds. The lowest BCUT2D eigenvalue weighted by atomic mass is 10.2. The van der Waals surface area contributed by atoms with Crippen molar-refractivity contribution in [3.8, 4) is 17.6 Å². The van der Waals surface area contributed by atoms with Crippen LogP contribution >= 0.6 is 0 Å². The number of hydrogen-bond acceptors (Lipinski definition) is 6. The van der Waals surface area contributed by atoms with Crippen LogP contribution in [0.5, 0.6) is 11.5 Å². The SMILES string of the molecule is COc1ccc(N/C=C(\C#N)S(=O)(=O)c2ccccc2)c(OC)c1. The Kier molecular flexibility index (Phi) is 5.45. The summed E-state index contributed by atoms with van der Waals surface area (Å²) in [6.45, 7) is 0. The van der Waals surface area contributed by atoms with Crippen molar-refractivity contribution in [3.05, 3.63) is 59.6 Å². The number of nitrogens with one attached hydrogen (secondary N) is 1. The van der Waals surface area contributed by atoms with E-state index in [2.05, 4.69) is 5.32 Å². The first kappa shape index (κ1) is 17.4. The summed E-state index contributed by atoms with van der Waals surface area (Å²) in [6, 6.07) is 14.5. The standard InChI is InChI=1S/C17H16N2O4S/c1-22-13-8-9-16(17(10-13)23-2)19-12-15(11-18)24(20,21)14-6-4-3-5-7-14/h3-10,12,19H,1-2H3/b15-12+. The number of benzene rings is 2. The minimum atomic E-state index is -3.88. The number of sulfone groups is 1. The predicted octanol–water partition coefficient (Wildman–Crippen LogP) is 2.95. The van der Waals surface area contributed by atoms with Crippen molar-refractivity contribution in [2.75, 3.05) is 19.5 Å². The van der Waals surface area contributed by atoms with Gasteiger partial charge in [0.25, 0.3) is 0 Å². The van der Waals surface area contributed by atoms with E-state index in [1.165, 1.54) is 26.4 Å². The Labute approximate surface area is 140 Å². The van der Waals surface area contributed by atoms with E-state index in [-0.39, 0.29) is 4.90 Å². The first-order valence-electron chi connectivity index (χ1n) is 6.92. The molecular weight excluding hydrogens is 328 g/mol. The highest BCUT2D eigenvalue weighted by atomic mass is 32.2. The Hall–Kier alpha value is -2.98. The van der Waals surface area contributed by atoms with Crippen LogP contribution in [-0.2, 0) is 9.84 Å². The maximum absolute atomic E-state index is 12.5. The zero-order chi connectivity index (χ0) is 17.6. The van der Waals surface area contributed by atoms with Gasteiger partial charge in [-0.1, -0.05) is 18.2 Å². The zero-order valence-electron chi connectivity index (χ0n) is 13.2. The summed E-state index contributed by atoms with van der Waals surface area (Å²) in [5.41, 5.74) is 0.509. The van der Waals surface area contributed by atoms with Crippen molar-refractivity contribution in [2.45, 2.75) is 4.90 Å². The number of hydrogen-bond donors (Lipinski definition) is 1. The summed E-state index contributed by atoms with van der Waals surface area (Å²) in [5.74, 6) is 1.05. The molecule has 7 heteroatoms. The molecular formula is C17H16N2O4S. The van der Waals surface area contributed by atoms with E-state index in [4.69, 9.17) is 9.47 Å². The van der Waals surface area contributed by atoms with Gasteiger partial charge < -0.3 is 14.8 Å². The van der Waals surface area contributed by atoms with E-state index in [1.54, 1.807) is 42.5 Å². The van der Waals surface area contributed by atoms with Crippen molar-refractivity contribution in [1.82, 2.24) is 0 Å².